The van der Waals surface area contributed by atoms with Crippen LogP contribution in [-0.4, -0.2) is 45.0 Å². The van der Waals surface area contributed by atoms with Crippen LogP contribution < -0.4 is 11.1 Å². The van der Waals surface area contributed by atoms with E-state index in [2.05, 4.69) is 31.2 Å². The number of likely N-dealkylation sites (tertiary alicyclic amines) is 1. The number of carbonyl (C=O) groups is 1. The van der Waals surface area contributed by atoms with Gasteiger partial charge in [-0.25, -0.2) is 4.98 Å². The van der Waals surface area contributed by atoms with Gasteiger partial charge in [-0.05, 0) is 53.6 Å². The first-order chi connectivity index (χ1) is 16.1. The van der Waals surface area contributed by atoms with Gasteiger partial charge in [-0.15, -0.1) is 0 Å². The molecule has 3 aromatic rings. The van der Waals surface area contributed by atoms with Crippen LogP contribution in [0.3, 0.4) is 0 Å². The second-order valence-electron chi connectivity index (χ2n) is 9.33. The molecule has 7 nitrogen and oxygen atoms in total. The number of halogens is 1. The number of anilines is 2. The number of aromatic nitrogens is 3. The van der Waals surface area contributed by atoms with Crippen LogP contribution in [0.2, 0.25) is 0 Å². The Kier molecular flexibility index (Phi) is 6.53. The van der Waals surface area contributed by atoms with Gasteiger partial charge in [-0.2, -0.15) is 9.61 Å². The summed E-state index contributed by atoms with van der Waals surface area (Å²) in [6.45, 7) is 2.57. The molecule has 174 valence electrons. The summed E-state index contributed by atoms with van der Waals surface area (Å²) in [5.41, 5.74) is 9.40. The summed E-state index contributed by atoms with van der Waals surface area (Å²) in [5.74, 6) is 2.07. The Morgan fingerprint density at radius 2 is 1.88 bits per heavy atom. The molecule has 3 N–H and O–H groups in total. The quantitative estimate of drug-likeness (QED) is 0.472. The van der Waals surface area contributed by atoms with Gasteiger partial charge in [0.25, 0.3) is 0 Å². The number of nitrogens with zero attached hydrogens (tertiary/aromatic N) is 4. The van der Waals surface area contributed by atoms with Crippen LogP contribution in [0.15, 0.2) is 41.0 Å². The highest BCUT2D eigenvalue weighted by Crippen LogP contribution is 2.30. The van der Waals surface area contributed by atoms with Crippen molar-refractivity contribution in [3.05, 3.63) is 41.0 Å². The van der Waals surface area contributed by atoms with E-state index in [1.165, 1.54) is 19.3 Å². The number of hydrogen-bond acceptors (Lipinski definition) is 5. The van der Waals surface area contributed by atoms with Gasteiger partial charge >= 0.3 is 0 Å². The van der Waals surface area contributed by atoms with E-state index < -0.39 is 0 Å². The van der Waals surface area contributed by atoms with Gasteiger partial charge < -0.3 is 16.0 Å². The minimum atomic E-state index is 0.264. The summed E-state index contributed by atoms with van der Waals surface area (Å²) in [5, 5.41) is 8.09. The predicted molar refractivity (Wildman–Crippen MR) is 135 cm³/mol. The molecule has 1 amide bonds. The number of amides is 1. The summed E-state index contributed by atoms with van der Waals surface area (Å²) in [6, 6.07) is 9.79. The predicted octanol–water partition coefficient (Wildman–Crippen LogP) is 4.97. The van der Waals surface area contributed by atoms with E-state index >= 15 is 0 Å². The van der Waals surface area contributed by atoms with Crippen LogP contribution in [0.4, 0.5) is 11.5 Å². The Hall–Kier alpha value is -2.61. The molecule has 0 unspecified atom stereocenters. The highest BCUT2D eigenvalue weighted by atomic mass is 79.9. The Labute approximate surface area is 202 Å². The van der Waals surface area contributed by atoms with Crippen molar-refractivity contribution in [3.63, 3.8) is 0 Å². The smallest absolute Gasteiger partial charge is 0.225 e. The van der Waals surface area contributed by atoms with E-state index in [-0.39, 0.29) is 5.92 Å². The maximum absolute atomic E-state index is 12.9. The monoisotopic (exact) mass is 510 g/mol. The second kappa shape index (κ2) is 9.71. The van der Waals surface area contributed by atoms with Gasteiger partial charge in [0.15, 0.2) is 5.65 Å². The van der Waals surface area contributed by atoms with Gasteiger partial charge in [0.2, 0.25) is 5.91 Å². The zero-order valence-corrected chi connectivity index (χ0v) is 20.4. The molecule has 5 rings (SSSR count). The van der Waals surface area contributed by atoms with E-state index in [1.54, 1.807) is 6.20 Å². The van der Waals surface area contributed by atoms with Crippen LogP contribution in [-0.2, 0) is 4.79 Å². The zero-order valence-electron chi connectivity index (χ0n) is 18.8. The fraction of sp³-hybridized carbons (Fsp3) is 0.480. The van der Waals surface area contributed by atoms with Crippen LogP contribution in [0.1, 0.15) is 44.9 Å². The Balaban J connectivity index is 1.26. The molecule has 0 radical (unpaired) electrons. The third-order valence-corrected chi connectivity index (χ3v) is 7.68. The van der Waals surface area contributed by atoms with Crippen LogP contribution >= 0.6 is 15.9 Å². The average Bonchev–Trinajstić information content (AvgIpc) is 3.24. The van der Waals surface area contributed by atoms with Crippen molar-refractivity contribution < 1.29 is 4.79 Å². The van der Waals surface area contributed by atoms with E-state index in [0.717, 1.165) is 72.5 Å². The van der Waals surface area contributed by atoms with Crippen LogP contribution in [0.5, 0.6) is 0 Å². The number of benzene rings is 1. The van der Waals surface area contributed by atoms with E-state index in [9.17, 15) is 4.79 Å². The molecule has 2 aliphatic rings. The maximum atomic E-state index is 12.9. The lowest BCUT2D eigenvalue weighted by Gasteiger charge is -2.35. The number of carbonyl (C=O) groups excluding carboxylic acids is 1. The molecule has 2 fully saturated rings. The number of fused-ring (bicyclic) bond motifs is 1. The second-order valence-corrected chi connectivity index (χ2v) is 10.2. The molecule has 1 aliphatic heterocycles. The van der Waals surface area contributed by atoms with Gasteiger partial charge in [0.05, 0.1) is 16.4 Å². The highest BCUT2D eigenvalue weighted by molar-refractivity contribution is 9.10. The van der Waals surface area contributed by atoms with Crippen molar-refractivity contribution in [2.75, 3.05) is 30.7 Å². The first kappa shape index (κ1) is 22.2. The van der Waals surface area contributed by atoms with Crippen molar-refractivity contribution in [1.82, 2.24) is 19.5 Å². The summed E-state index contributed by atoms with van der Waals surface area (Å²) < 4.78 is 2.67. The number of para-hydroxylation sites is 1. The number of nitrogens with two attached hydrogens (primary N) is 1. The normalized spacial score (nSPS) is 18.0. The average molecular weight is 511 g/mol. The molecule has 3 heterocycles. The zero-order chi connectivity index (χ0) is 22.8. The molecule has 1 saturated heterocycles. The van der Waals surface area contributed by atoms with E-state index in [4.69, 9.17) is 10.7 Å². The molecule has 0 bridgehead atoms. The SMILES string of the molecule is Nc1ccccc1-c1cc(NCC2CCN(C(=O)C3CCCCC3)CC2)n2ncc(Br)c2n1. The largest absolute Gasteiger partial charge is 0.398 e. The van der Waals surface area contributed by atoms with Crippen molar-refractivity contribution in [1.29, 1.82) is 0 Å². The van der Waals surface area contributed by atoms with Gasteiger partial charge in [0, 0.05) is 42.9 Å². The lowest BCUT2D eigenvalue weighted by atomic mass is 9.87. The summed E-state index contributed by atoms with van der Waals surface area (Å²) >= 11 is 3.56. The molecular formula is C25H31BrN6O. The Bertz CT molecular complexity index is 1130. The molecule has 33 heavy (non-hydrogen) atoms. The van der Waals surface area contributed by atoms with Crippen molar-refractivity contribution in [3.8, 4) is 11.3 Å². The van der Waals surface area contributed by atoms with Crippen LogP contribution in [0.25, 0.3) is 16.9 Å². The molecular weight excluding hydrogens is 480 g/mol. The molecule has 2 aromatic heterocycles. The molecule has 1 aliphatic carbocycles. The van der Waals surface area contributed by atoms with Gasteiger partial charge in [-0.1, -0.05) is 37.5 Å². The minimum absolute atomic E-state index is 0.264. The third-order valence-electron chi connectivity index (χ3n) is 7.12. The molecule has 1 saturated carbocycles. The highest BCUT2D eigenvalue weighted by Gasteiger charge is 2.29. The van der Waals surface area contributed by atoms with Crippen molar-refractivity contribution in [2.24, 2.45) is 11.8 Å². The fourth-order valence-corrected chi connectivity index (χ4v) is 5.49. The summed E-state index contributed by atoms with van der Waals surface area (Å²) in [4.78, 5) is 19.8. The van der Waals surface area contributed by atoms with E-state index in [1.807, 2.05) is 34.8 Å². The molecule has 1 aromatic carbocycles. The number of nitrogen functional groups attached to an aromatic ring is 1. The number of hydrogen-bond donors (Lipinski definition) is 2. The molecule has 0 atom stereocenters. The summed E-state index contributed by atoms with van der Waals surface area (Å²) in [7, 11) is 0. The first-order valence-electron chi connectivity index (χ1n) is 12.0. The minimum Gasteiger partial charge on any atom is -0.398 e. The maximum Gasteiger partial charge on any atom is 0.225 e. The molecule has 8 heteroatoms. The summed E-state index contributed by atoms with van der Waals surface area (Å²) in [6.07, 6.45) is 9.67. The fourth-order valence-electron chi connectivity index (χ4n) is 5.14. The van der Waals surface area contributed by atoms with Crippen LogP contribution in [0, 0.1) is 11.8 Å². The van der Waals surface area contributed by atoms with Gasteiger partial charge in [-0.3, -0.25) is 4.79 Å². The third kappa shape index (κ3) is 4.71. The lowest BCUT2D eigenvalue weighted by Crippen LogP contribution is -2.43. The topological polar surface area (TPSA) is 88.5 Å². The first-order valence-corrected chi connectivity index (χ1v) is 12.8. The van der Waals surface area contributed by atoms with Crippen molar-refractivity contribution in [2.45, 2.75) is 44.9 Å². The Morgan fingerprint density at radius 1 is 1.12 bits per heavy atom. The number of nitrogens with one attached hydrogen (secondary N) is 1. The van der Waals surface area contributed by atoms with E-state index in [0.29, 0.717) is 17.5 Å². The van der Waals surface area contributed by atoms with Gasteiger partial charge in [0.1, 0.15) is 5.82 Å². The Morgan fingerprint density at radius 3 is 2.64 bits per heavy atom. The lowest BCUT2D eigenvalue weighted by molar-refractivity contribution is -0.137. The number of piperidine rings is 1. The standard InChI is InChI=1S/C25H31BrN6O/c26-20-16-29-32-23(14-22(30-24(20)32)19-8-4-5-9-21(19)27)28-15-17-10-12-31(13-11-17)25(33)18-6-2-1-3-7-18/h4-5,8-9,14,16-18,28H,1-3,6-7,10-13,15,27H2. The van der Waals surface area contributed by atoms with Crippen molar-refractivity contribution >= 4 is 39.0 Å². The molecule has 0 spiro atoms. The number of rotatable bonds is 5.